The van der Waals surface area contributed by atoms with Crippen LogP contribution in [0.4, 0.5) is 0 Å². The molecule has 0 aliphatic heterocycles. The van der Waals surface area contributed by atoms with Crippen LogP contribution in [0.5, 0.6) is 0 Å². The normalized spacial score (nSPS) is 9.20. The highest BCUT2D eigenvalue weighted by Gasteiger charge is 2.00. The summed E-state index contributed by atoms with van der Waals surface area (Å²) in [7, 11) is 1.82. The molecule has 4 heteroatoms. The lowest BCUT2D eigenvalue weighted by Gasteiger charge is -1.91. The van der Waals surface area contributed by atoms with Gasteiger partial charge in [0.25, 0.3) is 0 Å². The van der Waals surface area contributed by atoms with Crippen molar-refractivity contribution in [2.24, 2.45) is 7.05 Å². The summed E-state index contributed by atoms with van der Waals surface area (Å²) in [4.78, 5) is 4.09. The highest BCUT2D eigenvalue weighted by molar-refractivity contribution is 5.75. The molecular formula is C11H14N4. The lowest BCUT2D eigenvalue weighted by Crippen LogP contribution is -1.91. The Kier molecular flexibility index (Phi) is 3.81. The number of hydrogen-bond acceptors (Lipinski definition) is 3. The third-order valence-corrected chi connectivity index (χ3v) is 1.70. The van der Waals surface area contributed by atoms with Gasteiger partial charge in [0.05, 0.1) is 11.8 Å². The zero-order valence-electron chi connectivity index (χ0n) is 9.23. The number of nitrogens with zero attached hydrogens (tertiary/aromatic N) is 4. The minimum absolute atomic E-state index is 0.565. The van der Waals surface area contributed by atoms with Gasteiger partial charge in [-0.15, -0.1) is 0 Å². The lowest BCUT2D eigenvalue weighted by molar-refractivity contribution is 0.786. The third kappa shape index (κ3) is 2.53. The van der Waals surface area contributed by atoms with Crippen molar-refractivity contribution in [3.8, 4) is 6.07 Å². The highest BCUT2D eigenvalue weighted by atomic mass is 15.3. The average Bonchev–Trinajstić information content (AvgIpc) is 2.61. The molecule has 2 heterocycles. The van der Waals surface area contributed by atoms with E-state index in [9.17, 15) is 0 Å². The molecule has 15 heavy (non-hydrogen) atoms. The molecule has 0 unspecified atom stereocenters. The zero-order valence-corrected chi connectivity index (χ0v) is 9.23. The van der Waals surface area contributed by atoms with Gasteiger partial charge < -0.3 is 0 Å². The van der Waals surface area contributed by atoms with E-state index in [1.54, 1.807) is 23.1 Å². The average molecular weight is 202 g/mol. The second-order valence-corrected chi connectivity index (χ2v) is 3.22. The number of pyridine rings is 1. The Morgan fingerprint density at radius 3 is 2.67 bits per heavy atom. The van der Waals surface area contributed by atoms with Gasteiger partial charge in [-0.2, -0.15) is 10.4 Å². The predicted molar refractivity (Wildman–Crippen MR) is 59.2 cm³/mol. The van der Waals surface area contributed by atoms with Crippen molar-refractivity contribution in [2.75, 3.05) is 0 Å². The van der Waals surface area contributed by atoms with Gasteiger partial charge in [-0.1, -0.05) is 20.3 Å². The van der Waals surface area contributed by atoms with E-state index in [1.165, 1.54) is 6.42 Å². The van der Waals surface area contributed by atoms with E-state index in [1.807, 2.05) is 13.1 Å². The molecule has 0 saturated carbocycles. The molecule has 2 aromatic heterocycles. The van der Waals surface area contributed by atoms with E-state index in [2.05, 4.69) is 23.9 Å². The number of hydrogen-bond donors (Lipinski definition) is 0. The van der Waals surface area contributed by atoms with Crippen molar-refractivity contribution in [1.82, 2.24) is 14.8 Å². The van der Waals surface area contributed by atoms with Crippen LogP contribution in [0.15, 0.2) is 18.5 Å². The fraction of sp³-hybridized carbons (Fsp3) is 0.364. The largest absolute Gasteiger partial charge is 0.250 e. The summed E-state index contributed by atoms with van der Waals surface area (Å²) >= 11 is 0. The molecule has 0 amide bonds. The second kappa shape index (κ2) is 5.11. The third-order valence-electron chi connectivity index (χ3n) is 1.70. The highest BCUT2D eigenvalue weighted by Crippen LogP contribution is 2.10. The fourth-order valence-electron chi connectivity index (χ4n) is 1.10. The van der Waals surface area contributed by atoms with Gasteiger partial charge in [-0.25, -0.2) is 4.98 Å². The van der Waals surface area contributed by atoms with Gasteiger partial charge in [0.15, 0.2) is 5.65 Å². The molecular weight excluding hydrogens is 188 g/mol. The lowest BCUT2D eigenvalue weighted by atomic mass is 10.2. The van der Waals surface area contributed by atoms with E-state index in [4.69, 9.17) is 5.26 Å². The Hall–Kier alpha value is -1.89. The standard InChI is InChI=1S/C8H6N4.C3H8/c1-12-8-7(5-11-12)2-6(3-9)4-10-8;1-3-2/h2,4-5H,1H3;3H2,1-2H3. The van der Waals surface area contributed by atoms with E-state index in [-0.39, 0.29) is 0 Å². The maximum atomic E-state index is 8.59. The van der Waals surface area contributed by atoms with Crippen molar-refractivity contribution in [2.45, 2.75) is 20.3 Å². The van der Waals surface area contributed by atoms with Crippen LogP contribution in [0.3, 0.4) is 0 Å². The smallest absolute Gasteiger partial charge is 0.157 e. The summed E-state index contributed by atoms with van der Waals surface area (Å²) in [5.41, 5.74) is 1.37. The first-order chi connectivity index (χ1) is 7.22. The van der Waals surface area contributed by atoms with Gasteiger partial charge in [0, 0.05) is 18.6 Å². The maximum Gasteiger partial charge on any atom is 0.157 e. The van der Waals surface area contributed by atoms with Crippen LogP contribution in [-0.2, 0) is 7.05 Å². The minimum atomic E-state index is 0.565. The SMILES string of the molecule is CCC.Cn1ncc2cc(C#N)cnc21. The molecule has 0 aromatic carbocycles. The number of fused-ring (bicyclic) bond motifs is 1. The summed E-state index contributed by atoms with van der Waals surface area (Å²) in [6.45, 7) is 4.25. The monoisotopic (exact) mass is 202 g/mol. The number of aryl methyl sites for hydroxylation is 1. The van der Waals surface area contributed by atoms with Gasteiger partial charge in [0.1, 0.15) is 6.07 Å². The van der Waals surface area contributed by atoms with E-state index < -0.39 is 0 Å². The molecule has 0 N–H and O–H groups in total. The Balaban J connectivity index is 0.000000337. The quantitative estimate of drug-likeness (QED) is 0.658. The molecule has 0 radical (unpaired) electrons. The molecule has 0 atom stereocenters. The predicted octanol–water partition coefficient (Wildman–Crippen LogP) is 2.26. The van der Waals surface area contributed by atoms with Crippen LogP contribution in [0.2, 0.25) is 0 Å². The maximum absolute atomic E-state index is 8.59. The van der Waals surface area contributed by atoms with Crippen LogP contribution in [-0.4, -0.2) is 14.8 Å². The van der Waals surface area contributed by atoms with Crippen molar-refractivity contribution in [1.29, 1.82) is 5.26 Å². The van der Waals surface area contributed by atoms with Gasteiger partial charge >= 0.3 is 0 Å². The molecule has 0 aliphatic carbocycles. The van der Waals surface area contributed by atoms with Crippen LogP contribution < -0.4 is 0 Å². The van der Waals surface area contributed by atoms with Gasteiger partial charge in [-0.05, 0) is 6.07 Å². The molecule has 2 aromatic rings. The molecule has 0 saturated heterocycles. The number of rotatable bonds is 0. The number of aromatic nitrogens is 3. The van der Waals surface area contributed by atoms with Crippen LogP contribution in [0.1, 0.15) is 25.8 Å². The molecule has 0 spiro atoms. The Morgan fingerprint density at radius 2 is 2.07 bits per heavy atom. The van der Waals surface area contributed by atoms with Crippen LogP contribution in [0, 0.1) is 11.3 Å². The van der Waals surface area contributed by atoms with Crippen LogP contribution in [0.25, 0.3) is 11.0 Å². The summed E-state index contributed by atoms with van der Waals surface area (Å²) in [5, 5.41) is 13.5. The van der Waals surface area contributed by atoms with E-state index in [0.717, 1.165) is 11.0 Å². The summed E-state index contributed by atoms with van der Waals surface area (Å²) < 4.78 is 1.68. The van der Waals surface area contributed by atoms with Crippen molar-refractivity contribution in [3.05, 3.63) is 24.0 Å². The second-order valence-electron chi connectivity index (χ2n) is 3.22. The Labute approximate surface area is 89.2 Å². The number of nitriles is 1. The topological polar surface area (TPSA) is 54.5 Å². The van der Waals surface area contributed by atoms with Gasteiger partial charge in [-0.3, -0.25) is 4.68 Å². The zero-order chi connectivity index (χ0) is 11.3. The molecule has 4 nitrogen and oxygen atoms in total. The summed E-state index contributed by atoms with van der Waals surface area (Å²) in [6.07, 6.45) is 4.49. The Bertz CT molecular complexity index is 479. The molecule has 2 rings (SSSR count). The molecule has 78 valence electrons. The summed E-state index contributed by atoms with van der Waals surface area (Å²) in [6, 6.07) is 3.80. The first kappa shape index (κ1) is 11.2. The Morgan fingerprint density at radius 1 is 1.40 bits per heavy atom. The first-order valence-electron chi connectivity index (χ1n) is 4.90. The molecule has 0 aliphatic rings. The fourth-order valence-corrected chi connectivity index (χ4v) is 1.10. The van der Waals surface area contributed by atoms with E-state index in [0.29, 0.717) is 5.56 Å². The minimum Gasteiger partial charge on any atom is -0.250 e. The summed E-state index contributed by atoms with van der Waals surface area (Å²) in [5.74, 6) is 0. The van der Waals surface area contributed by atoms with E-state index >= 15 is 0 Å². The molecule has 0 fully saturated rings. The molecule has 0 bridgehead atoms. The van der Waals surface area contributed by atoms with Crippen molar-refractivity contribution in [3.63, 3.8) is 0 Å². The van der Waals surface area contributed by atoms with Crippen LogP contribution >= 0.6 is 0 Å². The van der Waals surface area contributed by atoms with Crippen molar-refractivity contribution >= 4 is 11.0 Å². The van der Waals surface area contributed by atoms with Gasteiger partial charge in [0.2, 0.25) is 0 Å². The first-order valence-corrected chi connectivity index (χ1v) is 4.90. The van der Waals surface area contributed by atoms with Crippen molar-refractivity contribution < 1.29 is 0 Å².